The molecule has 0 aliphatic heterocycles. The van der Waals surface area contributed by atoms with Crippen molar-refractivity contribution < 1.29 is 9.50 Å². The molecule has 0 saturated carbocycles. The van der Waals surface area contributed by atoms with Crippen LogP contribution >= 0.6 is 0 Å². The van der Waals surface area contributed by atoms with E-state index in [0.29, 0.717) is 12.1 Å². The number of benzene rings is 1. The summed E-state index contributed by atoms with van der Waals surface area (Å²) in [4.78, 5) is 0. The van der Waals surface area contributed by atoms with Crippen LogP contribution in [0.15, 0.2) is 18.2 Å². The van der Waals surface area contributed by atoms with E-state index in [0.717, 1.165) is 5.56 Å². The van der Waals surface area contributed by atoms with Crippen LogP contribution in [0.25, 0.3) is 0 Å². The highest BCUT2D eigenvalue weighted by molar-refractivity contribution is 5.32. The number of aliphatic hydroxyl groups excluding tert-OH is 1. The summed E-state index contributed by atoms with van der Waals surface area (Å²) in [7, 11) is 0. The van der Waals surface area contributed by atoms with Crippen LogP contribution in [-0.2, 0) is 0 Å². The molecular formula is C11H13FN2O. The SMILES string of the molecule is Cc1ccc(F)cc1C(C#N)NCCO. The van der Waals surface area contributed by atoms with E-state index in [1.165, 1.54) is 12.1 Å². The molecule has 1 atom stereocenters. The Hall–Kier alpha value is -1.44. The monoisotopic (exact) mass is 208 g/mol. The van der Waals surface area contributed by atoms with Crippen molar-refractivity contribution in [1.29, 1.82) is 5.26 Å². The predicted octanol–water partition coefficient (Wildman–Crippen LogP) is 1.28. The fraction of sp³-hybridized carbons (Fsp3) is 0.364. The zero-order chi connectivity index (χ0) is 11.3. The van der Waals surface area contributed by atoms with Crippen molar-refractivity contribution in [2.45, 2.75) is 13.0 Å². The molecule has 0 heterocycles. The lowest BCUT2D eigenvalue weighted by Crippen LogP contribution is -2.24. The summed E-state index contributed by atoms with van der Waals surface area (Å²) < 4.78 is 13.0. The normalized spacial score (nSPS) is 12.1. The third kappa shape index (κ3) is 3.01. The molecule has 2 N–H and O–H groups in total. The molecule has 0 fully saturated rings. The van der Waals surface area contributed by atoms with Gasteiger partial charge < -0.3 is 5.11 Å². The van der Waals surface area contributed by atoms with E-state index in [2.05, 4.69) is 5.32 Å². The van der Waals surface area contributed by atoms with Crippen molar-refractivity contribution in [2.24, 2.45) is 0 Å². The highest BCUT2D eigenvalue weighted by Gasteiger charge is 2.12. The average molecular weight is 208 g/mol. The second-order valence-corrected chi connectivity index (χ2v) is 3.24. The van der Waals surface area contributed by atoms with Crippen LogP contribution in [0, 0.1) is 24.1 Å². The lowest BCUT2D eigenvalue weighted by atomic mass is 10.0. The molecular weight excluding hydrogens is 195 g/mol. The lowest BCUT2D eigenvalue weighted by molar-refractivity contribution is 0.289. The van der Waals surface area contributed by atoms with Crippen LogP contribution in [0.4, 0.5) is 4.39 Å². The van der Waals surface area contributed by atoms with Crippen molar-refractivity contribution in [3.8, 4) is 6.07 Å². The standard InChI is InChI=1S/C11H13FN2O/c1-8-2-3-9(12)6-10(8)11(7-13)14-4-5-15/h2-3,6,11,14-15H,4-5H2,1H3. The summed E-state index contributed by atoms with van der Waals surface area (Å²) in [6, 6.07) is 5.79. The Morgan fingerprint density at radius 2 is 2.33 bits per heavy atom. The molecule has 0 amide bonds. The fourth-order valence-electron chi connectivity index (χ4n) is 1.36. The number of aliphatic hydroxyl groups is 1. The quantitative estimate of drug-likeness (QED) is 0.783. The third-order valence-corrected chi connectivity index (χ3v) is 2.14. The van der Waals surface area contributed by atoms with Crippen molar-refractivity contribution in [3.63, 3.8) is 0 Å². The highest BCUT2D eigenvalue weighted by Crippen LogP contribution is 2.18. The summed E-state index contributed by atoms with van der Waals surface area (Å²) >= 11 is 0. The van der Waals surface area contributed by atoms with Gasteiger partial charge in [0, 0.05) is 6.54 Å². The first-order valence-corrected chi connectivity index (χ1v) is 4.69. The largest absolute Gasteiger partial charge is 0.395 e. The van der Waals surface area contributed by atoms with Gasteiger partial charge in [0.05, 0.1) is 12.7 Å². The van der Waals surface area contributed by atoms with Gasteiger partial charge in [-0.15, -0.1) is 0 Å². The molecule has 1 aromatic carbocycles. The van der Waals surface area contributed by atoms with E-state index < -0.39 is 6.04 Å². The first kappa shape index (κ1) is 11.6. The topological polar surface area (TPSA) is 56.0 Å². The van der Waals surface area contributed by atoms with Crippen LogP contribution in [-0.4, -0.2) is 18.3 Å². The molecule has 4 heteroatoms. The second kappa shape index (κ2) is 5.44. The summed E-state index contributed by atoms with van der Waals surface area (Å²) in [6.07, 6.45) is 0. The number of hydrogen-bond donors (Lipinski definition) is 2. The van der Waals surface area contributed by atoms with Gasteiger partial charge in [-0.25, -0.2) is 4.39 Å². The Bertz CT molecular complexity index is 373. The van der Waals surface area contributed by atoms with Gasteiger partial charge in [0.1, 0.15) is 11.9 Å². The van der Waals surface area contributed by atoms with Gasteiger partial charge in [-0.2, -0.15) is 5.26 Å². The minimum Gasteiger partial charge on any atom is -0.395 e. The van der Waals surface area contributed by atoms with Crippen molar-refractivity contribution in [2.75, 3.05) is 13.2 Å². The van der Waals surface area contributed by atoms with E-state index in [-0.39, 0.29) is 12.4 Å². The number of nitriles is 1. The molecule has 0 saturated heterocycles. The van der Waals surface area contributed by atoms with Gasteiger partial charge in [-0.3, -0.25) is 5.32 Å². The number of halogens is 1. The molecule has 15 heavy (non-hydrogen) atoms. The number of nitrogens with zero attached hydrogens (tertiary/aromatic N) is 1. The maximum atomic E-state index is 13.0. The number of hydrogen-bond acceptors (Lipinski definition) is 3. The molecule has 0 radical (unpaired) electrons. The number of aryl methyl sites for hydroxylation is 1. The minimum atomic E-state index is -0.576. The Kier molecular flexibility index (Phi) is 4.22. The van der Waals surface area contributed by atoms with Crippen molar-refractivity contribution in [1.82, 2.24) is 5.32 Å². The number of rotatable bonds is 4. The molecule has 0 aliphatic carbocycles. The molecule has 1 aromatic rings. The van der Waals surface area contributed by atoms with Crippen LogP contribution in [0.5, 0.6) is 0 Å². The second-order valence-electron chi connectivity index (χ2n) is 3.24. The number of nitrogens with one attached hydrogen (secondary N) is 1. The fourth-order valence-corrected chi connectivity index (χ4v) is 1.36. The van der Waals surface area contributed by atoms with Gasteiger partial charge in [0.15, 0.2) is 0 Å². The molecule has 0 spiro atoms. The van der Waals surface area contributed by atoms with E-state index in [1.54, 1.807) is 6.07 Å². The maximum absolute atomic E-state index is 13.0. The predicted molar refractivity (Wildman–Crippen MR) is 54.6 cm³/mol. The van der Waals surface area contributed by atoms with Gasteiger partial charge >= 0.3 is 0 Å². The first-order valence-electron chi connectivity index (χ1n) is 4.69. The van der Waals surface area contributed by atoms with Crippen LogP contribution in [0.1, 0.15) is 17.2 Å². The smallest absolute Gasteiger partial charge is 0.123 e. The van der Waals surface area contributed by atoms with Gasteiger partial charge in [0.2, 0.25) is 0 Å². The van der Waals surface area contributed by atoms with E-state index in [9.17, 15) is 4.39 Å². The van der Waals surface area contributed by atoms with E-state index >= 15 is 0 Å². The molecule has 1 unspecified atom stereocenters. The molecule has 80 valence electrons. The van der Waals surface area contributed by atoms with E-state index in [4.69, 9.17) is 10.4 Å². The lowest BCUT2D eigenvalue weighted by Gasteiger charge is -2.13. The zero-order valence-electron chi connectivity index (χ0n) is 8.50. The Balaban J connectivity index is 2.91. The Labute approximate surface area is 88.2 Å². The van der Waals surface area contributed by atoms with Gasteiger partial charge in [0.25, 0.3) is 0 Å². The summed E-state index contributed by atoms with van der Waals surface area (Å²) in [5, 5.41) is 20.4. The third-order valence-electron chi connectivity index (χ3n) is 2.14. The molecule has 3 nitrogen and oxygen atoms in total. The van der Waals surface area contributed by atoms with Crippen LogP contribution in [0.3, 0.4) is 0 Å². The van der Waals surface area contributed by atoms with E-state index in [1.807, 2.05) is 13.0 Å². The van der Waals surface area contributed by atoms with Crippen molar-refractivity contribution >= 4 is 0 Å². The summed E-state index contributed by atoms with van der Waals surface area (Å²) in [6.45, 7) is 2.08. The van der Waals surface area contributed by atoms with Crippen LogP contribution in [0.2, 0.25) is 0 Å². The molecule has 1 rings (SSSR count). The first-order chi connectivity index (χ1) is 7.19. The van der Waals surface area contributed by atoms with Crippen LogP contribution < -0.4 is 5.32 Å². The minimum absolute atomic E-state index is 0.0491. The van der Waals surface area contributed by atoms with Crippen molar-refractivity contribution in [3.05, 3.63) is 35.1 Å². The highest BCUT2D eigenvalue weighted by atomic mass is 19.1. The average Bonchev–Trinajstić information content (AvgIpc) is 2.24. The molecule has 0 aliphatic rings. The molecule has 0 bridgehead atoms. The summed E-state index contributed by atoms with van der Waals surface area (Å²) in [5.41, 5.74) is 1.47. The summed E-state index contributed by atoms with van der Waals surface area (Å²) in [5.74, 6) is -0.360. The molecule has 0 aromatic heterocycles. The maximum Gasteiger partial charge on any atom is 0.123 e. The Morgan fingerprint density at radius 1 is 1.60 bits per heavy atom. The van der Waals surface area contributed by atoms with Gasteiger partial charge in [-0.05, 0) is 30.2 Å². The Morgan fingerprint density at radius 3 is 2.93 bits per heavy atom. The zero-order valence-corrected chi connectivity index (χ0v) is 8.50. The van der Waals surface area contributed by atoms with Gasteiger partial charge in [-0.1, -0.05) is 6.07 Å².